The molecule has 1 N–H and O–H groups in total. The molecule has 2 aliphatic rings. The first kappa shape index (κ1) is 15.2. The van der Waals surface area contributed by atoms with Gasteiger partial charge in [0.15, 0.2) is 0 Å². The summed E-state index contributed by atoms with van der Waals surface area (Å²) in [5.41, 5.74) is 0.220. The van der Waals surface area contributed by atoms with Crippen molar-refractivity contribution >= 4 is 23.7 Å². The van der Waals surface area contributed by atoms with Gasteiger partial charge < -0.3 is 10.1 Å². The van der Waals surface area contributed by atoms with Crippen molar-refractivity contribution in [2.24, 2.45) is 0 Å². The minimum Gasteiger partial charge on any atom is -0.491 e. The molecule has 0 saturated carbocycles. The standard InChI is InChI=1S/C16H20N2O3S/c1-11(2)21-13-5-3-4-12(8-13)9-18-14(19)16(17-15(18)20)6-7-22-10-16/h3-5,8,11H,6-7,9-10H2,1-2H3,(H,17,20)/t16-/m0/s1. The highest BCUT2D eigenvalue weighted by atomic mass is 32.2. The Morgan fingerprint density at radius 2 is 2.23 bits per heavy atom. The van der Waals surface area contributed by atoms with Gasteiger partial charge in [0.1, 0.15) is 11.3 Å². The van der Waals surface area contributed by atoms with Crippen molar-refractivity contribution in [1.29, 1.82) is 0 Å². The molecule has 0 bridgehead atoms. The van der Waals surface area contributed by atoms with Crippen molar-refractivity contribution in [3.05, 3.63) is 29.8 Å². The van der Waals surface area contributed by atoms with Gasteiger partial charge in [-0.2, -0.15) is 11.8 Å². The second-order valence-electron chi connectivity index (χ2n) is 6.02. The van der Waals surface area contributed by atoms with Crippen molar-refractivity contribution in [2.75, 3.05) is 11.5 Å². The first-order chi connectivity index (χ1) is 10.5. The van der Waals surface area contributed by atoms with Crippen LogP contribution < -0.4 is 10.1 Å². The summed E-state index contributed by atoms with van der Waals surface area (Å²) in [6.45, 7) is 4.21. The monoisotopic (exact) mass is 320 g/mol. The lowest BCUT2D eigenvalue weighted by molar-refractivity contribution is -0.130. The van der Waals surface area contributed by atoms with Gasteiger partial charge in [-0.15, -0.1) is 0 Å². The molecule has 2 heterocycles. The van der Waals surface area contributed by atoms with E-state index in [4.69, 9.17) is 4.74 Å². The van der Waals surface area contributed by atoms with Crippen LogP contribution in [0.1, 0.15) is 25.8 Å². The van der Waals surface area contributed by atoms with E-state index in [1.54, 1.807) is 11.8 Å². The molecule has 1 aromatic rings. The van der Waals surface area contributed by atoms with Gasteiger partial charge in [0.2, 0.25) is 0 Å². The quantitative estimate of drug-likeness (QED) is 0.866. The third-order valence-electron chi connectivity index (χ3n) is 3.88. The van der Waals surface area contributed by atoms with E-state index in [-0.39, 0.29) is 24.6 Å². The van der Waals surface area contributed by atoms with Crippen molar-refractivity contribution in [2.45, 2.75) is 38.5 Å². The highest BCUT2D eigenvalue weighted by Crippen LogP contribution is 2.34. The smallest absolute Gasteiger partial charge is 0.325 e. The minimum absolute atomic E-state index is 0.0887. The zero-order valence-electron chi connectivity index (χ0n) is 12.8. The number of nitrogens with one attached hydrogen (secondary N) is 1. The van der Waals surface area contributed by atoms with Crippen LogP contribution in [-0.2, 0) is 11.3 Å². The van der Waals surface area contributed by atoms with Crippen LogP contribution in [0.2, 0.25) is 0 Å². The maximum atomic E-state index is 12.6. The Morgan fingerprint density at radius 3 is 2.91 bits per heavy atom. The molecule has 0 aliphatic carbocycles. The van der Waals surface area contributed by atoms with Gasteiger partial charge in [0, 0.05) is 5.75 Å². The molecule has 1 spiro atoms. The first-order valence-electron chi connectivity index (χ1n) is 7.48. The minimum atomic E-state index is -0.673. The zero-order chi connectivity index (χ0) is 15.7. The summed E-state index contributed by atoms with van der Waals surface area (Å²) in [7, 11) is 0. The van der Waals surface area contributed by atoms with E-state index in [1.165, 1.54) is 4.90 Å². The van der Waals surface area contributed by atoms with Crippen LogP contribution in [0.5, 0.6) is 5.75 Å². The highest BCUT2D eigenvalue weighted by Gasteiger charge is 2.52. The number of carbonyl (C=O) groups is 2. The van der Waals surface area contributed by atoms with E-state index < -0.39 is 5.54 Å². The predicted molar refractivity (Wildman–Crippen MR) is 86.0 cm³/mol. The number of urea groups is 1. The molecule has 1 aromatic carbocycles. The summed E-state index contributed by atoms with van der Waals surface area (Å²) in [4.78, 5) is 26.1. The molecule has 2 fully saturated rings. The number of nitrogens with zero attached hydrogens (tertiary/aromatic N) is 1. The molecule has 118 valence electrons. The fourth-order valence-electron chi connectivity index (χ4n) is 2.82. The van der Waals surface area contributed by atoms with Crippen LogP contribution in [0.25, 0.3) is 0 Å². The van der Waals surface area contributed by atoms with E-state index in [2.05, 4.69) is 5.32 Å². The lowest BCUT2D eigenvalue weighted by Gasteiger charge is -2.19. The second-order valence-corrected chi connectivity index (χ2v) is 7.13. The molecular formula is C16H20N2O3S. The fraction of sp³-hybridized carbons (Fsp3) is 0.500. The number of thioether (sulfide) groups is 1. The molecule has 3 amide bonds. The van der Waals surface area contributed by atoms with Crippen LogP contribution >= 0.6 is 11.8 Å². The Morgan fingerprint density at radius 1 is 1.41 bits per heavy atom. The van der Waals surface area contributed by atoms with Gasteiger partial charge in [0.25, 0.3) is 5.91 Å². The number of imide groups is 1. The van der Waals surface area contributed by atoms with E-state index in [1.807, 2.05) is 38.1 Å². The van der Waals surface area contributed by atoms with Crippen LogP contribution in [0.4, 0.5) is 4.79 Å². The Labute approximate surface area is 134 Å². The van der Waals surface area contributed by atoms with Crippen molar-refractivity contribution in [3.63, 3.8) is 0 Å². The normalized spacial score (nSPS) is 24.4. The molecule has 2 saturated heterocycles. The summed E-state index contributed by atoms with van der Waals surface area (Å²) in [6.07, 6.45) is 0.806. The first-order valence-corrected chi connectivity index (χ1v) is 8.63. The van der Waals surface area contributed by atoms with E-state index >= 15 is 0 Å². The molecule has 0 unspecified atom stereocenters. The maximum Gasteiger partial charge on any atom is 0.325 e. The van der Waals surface area contributed by atoms with Crippen LogP contribution in [0.3, 0.4) is 0 Å². The average molecular weight is 320 g/mol. The average Bonchev–Trinajstić information content (AvgIpc) is 3.00. The van der Waals surface area contributed by atoms with Gasteiger partial charge in [0.05, 0.1) is 12.6 Å². The largest absolute Gasteiger partial charge is 0.491 e. The molecule has 3 rings (SSSR count). The fourth-order valence-corrected chi connectivity index (χ4v) is 4.15. The van der Waals surface area contributed by atoms with Crippen molar-refractivity contribution < 1.29 is 14.3 Å². The summed E-state index contributed by atoms with van der Waals surface area (Å²) < 4.78 is 5.66. The molecule has 0 aromatic heterocycles. The zero-order valence-corrected chi connectivity index (χ0v) is 13.6. The predicted octanol–water partition coefficient (Wildman–Crippen LogP) is 2.40. The lowest BCUT2D eigenvalue weighted by atomic mass is 9.99. The number of rotatable bonds is 4. The number of amides is 3. The highest BCUT2D eigenvalue weighted by molar-refractivity contribution is 7.99. The molecule has 2 aliphatic heterocycles. The number of ether oxygens (including phenoxy) is 1. The Hall–Kier alpha value is -1.69. The van der Waals surface area contributed by atoms with Crippen molar-refractivity contribution in [3.8, 4) is 5.75 Å². The third kappa shape index (κ3) is 2.79. The maximum absolute atomic E-state index is 12.6. The Kier molecular flexibility index (Phi) is 4.04. The van der Waals surface area contributed by atoms with Crippen LogP contribution in [0, 0.1) is 0 Å². The van der Waals surface area contributed by atoms with Crippen molar-refractivity contribution in [1.82, 2.24) is 10.2 Å². The topological polar surface area (TPSA) is 58.6 Å². The summed E-state index contributed by atoms with van der Waals surface area (Å²) in [5, 5.41) is 2.88. The van der Waals surface area contributed by atoms with Gasteiger partial charge in [-0.25, -0.2) is 4.79 Å². The molecule has 6 heteroatoms. The van der Waals surface area contributed by atoms with E-state index in [0.717, 1.165) is 23.5 Å². The Balaban J connectivity index is 1.75. The SMILES string of the molecule is CC(C)Oc1cccc(CN2C(=O)N[C@]3(CCSC3)C2=O)c1. The van der Waals surface area contributed by atoms with Crippen LogP contribution in [0.15, 0.2) is 24.3 Å². The summed E-state index contributed by atoms with van der Waals surface area (Å²) in [5.74, 6) is 2.24. The molecule has 22 heavy (non-hydrogen) atoms. The number of hydrogen-bond donors (Lipinski definition) is 1. The lowest BCUT2D eigenvalue weighted by Crippen LogP contribution is -2.46. The second kappa shape index (κ2) is 5.83. The molecule has 5 nitrogen and oxygen atoms in total. The van der Waals surface area contributed by atoms with E-state index in [0.29, 0.717) is 5.75 Å². The van der Waals surface area contributed by atoms with Crippen LogP contribution in [-0.4, -0.2) is 40.0 Å². The molecular weight excluding hydrogens is 300 g/mol. The van der Waals surface area contributed by atoms with Gasteiger partial charge in [-0.05, 0) is 43.7 Å². The summed E-state index contributed by atoms with van der Waals surface area (Å²) in [6, 6.07) is 7.26. The molecule has 0 radical (unpaired) electrons. The van der Waals surface area contributed by atoms with Gasteiger partial charge in [-0.1, -0.05) is 12.1 Å². The van der Waals surface area contributed by atoms with E-state index in [9.17, 15) is 9.59 Å². The third-order valence-corrected chi connectivity index (χ3v) is 5.07. The Bertz CT molecular complexity index is 597. The van der Waals surface area contributed by atoms with Gasteiger partial charge >= 0.3 is 6.03 Å². The number of hydrogen-bond acceptors (Lipinski definition) is 4. The molecule has 1 atom stereocenters. The van der Waals surface area contributed by atoms with Gasteiger partial charge in [-0.3, -0.25) is 9.69 Å². The summed E-state index contributed by atoms with van der Waals surface area (Å²) >= 11 is 1.71. The number of benzene rings is 1. The number of carbonyl (C=O) groups excluding carboxylic acids is 2.